The molecule has 0 bridgehead atoms. The molecule has 1 saturated heterocycles. The van der Waals surface area contributed by atoms with Crippen LogP contribution in [0.5, 0.6) is 0 Å². The zero-order valence-corrected chi connectivity index (χ0v) is 13.7. The summed E-state index contributed by atoms with van der Waals surface area (Å²) in [6, 6.07) is 5.56. The molecule has 7 nitrogen and oxygen atoms in total. The molecule has 2 aliphatic rings. The van der Waals surface area contributed by atoms with Crippen molar-refractivity contribution >= 4 is 33.2 Å². The molecular formula is C15H19N3O4S. The Balaban J connectivity index is 1.81. The molecule has 2 N–H and O–H groups in total. The minimum absolute atomic E-state index is 0.00182. The van der Waals surface area contributed by atoms with E-state index in [-0.39, 0.29) is 29.9 Å². The number of rotatable bonds is 3. The summed E-state index contributed by atoms with van der Waals surface area (Å²) in [6.07, 6.45) is 0.943. The second kappa shape index (κ2) is 5.61. The fraction of sp³-hybridized carbons (Fsp3) is 0.467. The van der Waals surface area contributed by atoms with Crippen molar-refractivity contribution in [3.8, 4) is 0 Å². The number of nitrogens with zero attached hydrogens (tertiary/aromatic N) is 2. The van der Waals surface area contributed by atoms with Crippen LogP contribution in [0.3, 0.4) is 0 Å². The van der Waals surface area contributed by atoms with Gasteiger partial charge in [-0.05, 0) is 30.2 Å². The van der Waals surface area contributed by atoms with Crippen molar-refractivity contribution in [2.45, 2.75) is 19.8 Å². The van der Waals surface area contributed by atoms with Gasteiger partial charge in [-0.2, -0.15) is 0 Å². The van der Waals surface area contributed by atoms with E-state index in [1.165, 1.54) is 6.92 Å². The Bertz CT molecular complexity index is 775. The van der Waals surface area contributed by atoms with Crippen LogP contribution in [0.15, 0.2) is 18.2 Å². The lowest BCUT2D eigenvalue weighted by Gasteiger charge is -2.19. The molecule has 0 saturated carbocycles. The fourth-order valence-corrected chi connectivity index (χ4v) is 4.23. The molecule has 124 valence electrons. The number of hydrogen-bond donors (Lipinski definition) is 1. The molecule has 1 aromatic rings. The van der Waals surface area contributed by atoms with Crippen molar-refractivity contribution in [3.05, 3.63) is 23.8 Å². The highest BCUT2D eigenvalue weighted by atomic mass is 32.2. The predicted molar refractivity (Wildman–Crippen MR) is 86.6 cm³/mol. The lowest BCUT2D eigenvalue weighted by molar-refractivity contribution is -0.117. The zero-order chi connectivity index (χ0) is 16.8. The molecule has 0 spiro atoms. The van der Waals surface area contributed by atoms with Gasteiger partial charge in [-0.1, -0.05) is 0 Å². The first-order valence-electron chi connectivity index (χ1n) is 7.46. The van der Waals surface area contributed by atoms with E-state index in [0.29, 0.717) is 13.1 Å². The van der Waals surface area contributed by atoms with Crippen LogP contribution in [0.1, 0.15) is 18.9 Å². The van der Waals surface area contributed by atoms with Gasteiger partial charge < -0.3 is 9.80 Å². The lowest BCUT2D eigenvalue weighted by atomic mass is 10.1. The largest absolute Gasteiger partial charge is 0.312 e. The first-order valence-corrected chi connectivity index (χ1v) is 9.18. The molecule has 1 aromatic carbocycles. The highest BCUT2D eigenvalue weighted by molar-refractivity contribution is 7.89. The van der Waals surface area contributed by atoms with Gasteiger partial charge in [-0.3, -0.25) is 9.59 Å². The van der Waals surface area contributed by atoms with E-state index in [2.05, 4.69) is 0 Å². The Hall–Kier alpha value is -1.93. The van der Waals surface area contributed by atoms with Gasteiger partial charge in [0.1, 0.15) is 0 Å². The summed E-state index contributed by atoms with van der Waals surface area (Å²) in [4.78, 5) is 27.1. The first-order chi connectivity index (χ1) is 10.7. The summed E-state index contributed by atoms with van der Waals surface area (Å²) >= 11 is 0. The van der Waals surface area contributed by atoms with E-state index in [1.54, 1.807) is 15.9 Å². The van der Waals surface area contributed by atoms with Crippen molar-refractivity contribution in [1.29, 1.82) is 0 Å². The molecule has 2 heterocycles. The Morgan fingerprint density at radius 1 is 1.39 bits per heavy atom. The molecule has 2 aliphatic heterocycles. The zero-order valence-electron chi connectivity index (χ0n) is 12.9. The van der Waals surface area contributed by atoms with E-state index >= 15 is 0 Å². The van der Waals surface area contributed by atoms with Gasteiger partial charge in [0, 0.05) is 43.7 Å². The highest BCUT2D eigenvalue weighted by Crippen LogP contribution is 2.34. The number of nitrogens with two attached hydrogens (primary N) is 1. The maximum atomic E-state index is 12.2. The summed E-state index contributed by atoms with van der Waals surface area (Å²) in [5.41, 5.74) is 2.66. The number of primary sulfonamides is 1. The van der Waals surface area contributed by atoms with Crippen molar-refractivity contribution in [2.75, 3.05) is 28.6 Å². The van der Waals surface area contributed by atoms with Crippen LogP contribution in [0.25, 0.3) is 0 Å². The molecule has 2 amide bonds. The van der Waals surface area contributed by atoms with Crippen LogP contribution in [-0.4, -0.2) is 39.1 Å². The van der Waals surface area contributed by atoms with E-state index in [0.717, 1.165) is 23.4 Å². The van der Waals surface area contributed by atoms with Crippen LogP contribution >= 0.6 is 0 Å². The second-order valence-electron chi connectivity index (χ2n) is 6.14. The average molecular weight is 337 g/mol. The lowest BCUT2D eigenvalue weighted by Crippen LogP contribution is -2.27. The fourth-order valence-electron chi connectivity index (χ4n) is 3.35. The number of amides is 2. The van der Waals surface area contributed by atoms with E-state index in [9.17, 15) is 18.0 Å². The topological polar surface area (TPSA) is 101 Å². The third kappa shape index (κ3) is 3.23. The molecule has 3 rings (SSSR count). The van der Waals surface area contributed by atoms with Gasteiger partial charge in [0.25, 0.3) is 0 Å². The minimum Gasteiger partial charge on any atom is -0.312 e. The molecule has 8 heteroatoms. The van der Waals surface area contributed by atoms with E-state index in [1.807, 2.05) is 12.1 Å². The van der Waals surface area contributed by atoms with E-state index in [4.69, 9.17) is 5.14 Å². The third-order valence-electron chi connectivity index (χ3n) is 4.32. The summed E-state index contributed by atoms with van der Waals surface area (Å²) in [5, 5.41) is 5.07. The number of hydrogen-bond acceptors (Lipinski definition) is 4. The van der Waals surface area contributed by atoms with Crippen LogP contribution < -0.4 is 14.9 Å². The van der Waals surface area contributed by atoms with Crippen molar-refractivity contribution in [2.24, 2.45) is 11.1 Å². The first kappa shape index (κ1) is 15.9. The van der Waals surface area contributed by atoms with Crippen LogP contribution in [0.4, 0.5) is 11.4 Å². The van der Waals surface area contributed by atoms with E-state index < -0.39 is 10.0 Å². The number of benzene rings is 1. The number of carbonyl (C=O) groups excluding carboxylic acids is 2. The molecule has 0 aliphatic carbocycles. The standard InChI is InChI=1S/C15H19N3O4S/c1-10(19)17-5-4-12-7-13(2-3-14(12)17)18-8-11(6-15(18)20)9-23(16,21)22/h2-3,7,11H,4-6,8-9H2,1H3,(H2,16,21,22). The third-order valence-corrected chi connectivity index (χ3v) is 5.26. The Labute approximate surface area is 135 Å². The summed E-state index contributed by atoms with van der Waals surface area (Å²) in [6.45, 7) is 2.53. The summed E-state index contributed by atoms with van der Waals surface area (Å²) in [7, 11) is -3.59. The number of anilines is 2. The summed E-state index contributed by atoms with van der Waals surface area (Å²) in [5.74, 6) is -0.556. The molecule has 1 fully saturated rings. The number of sulfonamides is 1. The monoisotopic (exact) mass is 337 g/mol. The van der Waals surface area contributed by atoms with Gasteiger partial charge in [-0.15, -0.1) is 0 Å². The quantitative estimate of drug-likeness (QED) is 0.853. The Kier molecular flexibility index (Phi) is 3.89. The van der Waals surface area contributed by atoms with Gasteiger partial charge in [0.05, 0.1) is 5.75 Å². The normalized spacial score (nSPS) is 21.0. The van der Waals surface area contributed by atoms with Crippen LogP contribution in [0.2, 0.25) is 0 Å². The number of carbonyl (C=O) groups is 2. The van der Waals surface area contributed by atoms with Crippen LogP contribution in [-0.2, 0) is 26.0 Å². The van der Waals surface area contributed by atoms with Crippen molar-refractivity contribution in [1.82, 2.24) is 0 Å². The molecule has 1 unspecified atom stereocenters. The Morgan fingerprint density at radius 2 is 2.13 bits per heavy atom. The van der Waals surface area contributed by atoms with Crippen molar-refractivity contribution in [3.63, 3.8) is 0 Å². The van der Waals surface area contributed by atoms with Crippen molar-refractivity contribution < 1.29 is 18.0 Å². The molecular weight excluding hydrogens is 318 g/mol. The highest BCUT2D eigenvalue weighted by Gasteiger charge is 2.33. The predicted octanol–water partition coefficient (Wildman–Crippen LogP) is 0.237. The van der Waals surface area contributed by atoms with Gasteiger partial charge >= 0.3 is 0 Å². The molecule has 1 atom stereocenters. The van der Waals surface area contributed by atoms with Crippen LogP contribution in [0, 0.1) is 5.92 Å². The van der Waals surface area contributed by atoms with Gasteiger partial charge in [0.2, 0.25) is 21.8 Å². The summed E-state index contributed by atoms with van der Waals surface area (Å²) < 4.78 is 22.4. The molecule has 0 radical (unpaired) electrons. The maximum Gasteiger partial charge on any atom is 0.227 e. The average Bonchev–Trinajstić information content (AvgIpc) is 2.99. The Morgan fingerprint density at radius 3 is 2.78 bits per heavy atom. The SMILES string of the molecule is CC(=O)N1CCc2cc(N3CC(CS(N)(=O)=O)CC3=O)ccc21. The van der Waals surface area contributed by atoms with Gasteiger partial charge in [-0.25, -0.2) is 13.6 Å². The number of fused-ring (bicyclic) bond motifs is 1. The molecule has 23 heavy (non-hydrogen) atoms. The van der Waals surface area contributed by atoms with Gasteiger partial charge in [0.15, 0.2) is 0 Å². The minimum atomic E-state index is -3.59. The second-order valence-corrected chi connectivity index (χ2v) is 7.80. The maximum absolute atomic E-state index is 12.2. The smallest absolute Gasteiger partial charge is 0.227 e. The molecule has 0 aromatic heterocycles.